The minimum atomic E-state index is -0.959. The lowest BCUT2D eigenvalue weighted by molar-refractivity contribution is -0.120. The monoisotopic (exact) mass is 808 g/mol. The van der Waals surface area contributed by atoms with Crippen molar-refractivity contribution in [3.8, 4) is 0 Å². The fraction of sp³-hybridized carbons (Fsp3) is 0.426. The number of benzene rings is 2. The quantitative estimate of drug-likeness (QED) is 0.151. The third-order valence-electron chi connectivity index (χ3n) is 10.5. The second-order valence-corrected chi connectivity index (χ2v) is 15.6. The zero-order valence-corrected chi connectivity index (χ0v) is 35.4. The molecule has 59 heavy (non-hydrogen) atoms. The molecule has 4 N–H and O–H groups in total. The van der Waals surface area contributed by atoms with Crippen molar-refractivity contribution >= 4 is 29.5 Å². The van der Waals surface area contributed by atoms with Gasteiger partial charge in [-0.2, -0.15) is 0 Å². The first kappa shape index (κ1) is 46.3. The van der Waals surface area contributed by atoms with E-state index in [2.05, 4.69) is 34.6 Å². The highest BCUT2D eigenvalue weighted by molar-refractivity contribution is 6.24. The van der Waals surface area contributed by atoms with Gasteiger partial charge >= 0.3 is 6.09 Å². The molecule has 12 nitrogen and oxygen atoms in total. The van der Waals surface area contributed by atoms with Crippen molar-refractivity contribution in [2.45, 2.75) is 98.1 Å². The van der Waals surface area contributed by atoms with E-state index in [1.165, 1.54) is 18.7 Å². The Hall–Kier alpha value is -5.43. The molecular formula is C47H60N4O8. The Morgan fingerprint density at radius 3 is 2.24 bits per heavy atom. The summed E-state index contributed by atoms with van der Waals surface area (Å²) in [7, 11) is 3.08. The maximum absolute atomic E-state index is 14.1. The van der Waals surface area contributed by atoms with Gasteiger partial charge in [0, 0.05) is 50.1 Å². The molecule has 0 saturated heterocycles. The molecule has 316 valence electrons. The van der Waals surface area contributed by atoms with Crippen LogP contribution in [-0.2, 0) is 41.7 Å². The summed E-state index contributed by atoms with van der Waals surface area (Å²) in [6.45, 7) is 12.0. The molecule has 0 saturated carbocycles. The predicted molar refractivity (Wildman–Crippen MR) is 228 cm³/mol. The third kappa shape index (κ3) is 13.8. The summed E-state index contributed by atoms with van der Waals surface area (Å²) in [4.78, 5) is 69.3. The highest BCUT2D eigenvalue weighted by atomic mass is 16.6. The highest BCUT2D eigenvalue weighted by Gasteiger charge is 2.33. The van der Waals surface area contributed by atoms with Crippen LogP contribution in [0.15, 0.2) is 113 Å². The van der Waals surface area contributed by atoms with Crippen LogP contribution < -0.4 is 16.4 Å². The molecule has 0 fully saturated rings. The number of hydrogen-bond acceptors (Lipinski definition) is 9. The van der Waals surface area contributed by atoms with Gasteiger partial charge in [0.2, 0.25) is 11.6 Å². The summed E-state index contributed by atoms with van der Waals surface area (Å²) in [6.07, 6.45) is 8.35. The third-order valence-corrected chi connectivity index (χ3v) is 10.5. The fourth-order valence-electron chi connectivity index (χ4n) is 7.41. The number of fused-ring (bicyclic) bond motifs is 2. The minimum absolute atomic E-state index is 0.0326. The van der Waals surface area contributed by atoms with Gasteiger partial charge in [0.05, 0.1) is 17.5 Å². The maximum atomic E-state index is 14.1. The zero-order chi connectivity index (χ0) is 43.1. The molecule has 2 aliphatic rings. The first-order chi connectivity index (χ1) is 28.2. The van der Waals surface area contributed by atoms with E-state index in [0.29, 0.717) is 30.5 Å². The number of allylic oxidation sites excluding steroid dienone is 5. The number of rotatable bonds is 12. The average molecular weight is 809 g/mol. The number of nitrogens with one attached hydrogen (secondary N) is 2. The number of unbranched alkanes of at least 4 members (excludes halogenated alkanes) is 1. The normalized spacial score (nSPS) is 24.6. The first-order valence-corrected chi connectivity index (χ1v) is 20.3. The Kier molecular flexibility index (Phi) is 17.8. The van der Waals surface area contributed by atoms with Crippen LogP contribution in [0.5, 0.6) is 0 Å². The summed E-state index contributed by atoms with van der Waals surface area (Å²) in [5.41, 5.74) is 8.77. The number of methoxy groups -OCH3 is 2. The molecule has 4 rings (SSSR count). The number of ether oxygens (including phenoxy) is 3. The lowest BCUT2D eigenvalue weighted by Crippen LogP contribution is -2.37. The topological polar surface area (TPSA) is 166 Å². The van der Waals surface area contributed by atoms with E-state index < -0.39 is 41.7 Å². The van der Waals surface area contributed by atoms with Crippen LogP contribution in [0.1, 0.15) is 88.2 Å². The molecule has 3 amide bonds. The molecule has 0 unspecified atom stereocenters. The van der Waals surface area contributed by atoms with E-state index in [4.69, 9.17) is 19.9 Å². The number of primary amides is 1. The molecule has 1 heterocycles. The molecule has 0 radical (unpaired) electrons. The Labute approximate surface area is 348 Å². The molecular weight excluding hydrogens is 749 g/mol. The van der Waals surface area contributed by atoms with Gasteiger partial charge in [-0.05, 0) is 86.7 Å². The van der Waals surface area contributed by atoms with E-state index in [-0.39, 0.29) is 46.9 Å². The van der Waals surface area contributed by atoms with Gasteiger partial charge in [-0.15, -0.1) is 0 Å². The number of hydrogen-bond donors (Lipinski definition) is 3. The SMILES string of the molecule is CCCCN(Cc1ccccc1)Cc1ccc(C(=O)NC2=C3C[C@@H](C)C[C@H](OC)C[C@@H](C)/C=C(\C)[C@H](OC(N)=O)[C@@H](OC)/C=C\C=C(/C)C(=O)NC(=CC2=O)C3=O)cc1. The van der Waals surface area contributed by atoms with Gasteiger partial charge < -0.3 is 30.6 Å². The second-order valence-electron chi connectivity index (χ2n) is 15.6. The molecule has 0 aromatic heterocycles. The van der Waals surface area contributed by atoms with Crippen LogP contribution in [-0.4, -0.2) is 73.5 Å². The number of amides is 3. The molecule has 1 aliphatic heterocycles. The largest absolute Gasteiger partial charge is 0.439 e. The first-order valence-electron chi connectivity index (χ1n) is 20.3. The van der Waals surface area contributed by atoms with Crippen LogP contribution in [0.4, 0.5) is 4.79 Å². The number of nitrogens with zero attached hydrogens (tertiary/aromatic N) is 1. The van der Waals surface area contributed by atoms with E-state index in [9.17, 15) is 24.0 Å². The summed E-state index contributed by atoms with van der Waals surface area (Å²) < 4.78 is 17.0. The van der Waals surface area contributed by atoms with Crippen molar-refractivity contribution in [1.82, 2.24) is 15.5 Å². The average Bonchev–Trinajstić information content (AvgIpc) is 3.20. The minimum Gasteiger partial charge on any atom is -0.439 e. The van der Waals surface area contributed by atoms with Gasteiger partial charge in [0.15, 0.2) is 6.10 Å². The van der Waals surface area contributed by atoms with Gasteiger partial charge in [0.1, 0.15) is 6.10 Å². The van der Waals surface area contributed by atoms with Crippen molar-refractivity contribution in [2.24, 2.45) is 17.6 Å². The molecule has 2 bridgehead atoms. The number of carbonyl (C=O) groups is 5. The molecule has 5 atom stereocenters. The van der Waals surface area contributed by atoms with Crippen LogP contribution in [0, 0.1) is 11.8 Å². The van der Waals surface area contributed by atoms with Crippen LogP contribution in [0.25, 0.3) is 0 Å². The molecule has 2 aromatic rings. The van der Waals surface area contributed by atoms with Crippen molar-refractivity contribution in [1.29, 1.82) is 0 Å². The maximum Gasteiger partial charge on any atom is 0.405 e. The second kappa shape index (κ2) is 22.6. The molecule has 0 spiro atoms. The summed E-state index contributed by atoms with van der Waals surface area (Å²) in [5.74, 6) is -2.52. The van der Waals surface area contributed by atoms with Crippen molar-refractivity contribution in [2.75, 3.05) is 20.8 Å². The van der Waals surface area contributed by atoms with Crippen LogP contribution in [0.2, 0.25) is 0 Å². The van der Waals surface area contributed by atoms with Crippen molar-refractivity contribution in [3.63, 3.8) is 0 Å². The van der Waals surface area contributed by atoms with Gasteiger partial charge in [-0.25, -0.2) is 4.79 Å². The molecule has 1 aliphatic carbocycles. The lowest BCUT2D eigenvalue weighted by atomic mass is 9.86. The zero-order valence-electron chi connectivity index (χ0n) is 35.4. The summed E-state index contributed by atoms with van der Waals surface area (Å²) in [5, 5.41) is 5.36. The molecule has 12 heteroatoms. The van der Waals surface area contributed by atoms with Crippen molar-refractivity contribution < 1.29 is 38.2 Å². The number of Topliss-reactive ketones (excluding diaryl/α,β-unsaturated/α-hetero) is 1. The standard InChI is InChI=1S/C47H60N4O8/c1-8-9-22-51(28-34-15-11-10-12-16-34)29-35-18-20-36(21-19-35)46(55)50-42-38-26-31(3)25-37(57-6)24-30(2)23-33(5)44(59-47(48)56)41(58-7)17-13-14-32(4)45(54)49-39(43(38)53)27-40(42)52/h10-21,23,27,30-31,37,41,44H,8-9,22,24-26,28-29H2,1-7H3,(H2,48,56)(H,49,54)(H,50,55)/b17-13-,32-14+,33-23+/t30-,31-,37+,41-,44-/m0/s1. The number of nitrogens with two attached hydrogens (primary N) is 1. The predicted octanol–water partition coefficient (Wildman–Crippen LogP) is 7.02. The Balaban J connectivity index is 1.62. The Morgan fingerprint density at radius 1 is 0.932 bits per heavy atom. The van der Waals surface area contributed by atoms with Crippen LogP contribution in [0.3, 0.4) is 0 Å². The highest BCUT2D eigenvalue weighted by Crippen LogP contribution is 2.29. The summed E-state index contributed by atoms with van der Waals surface area (Å²) >= 11 is 0. The lowest BCUT2D eigenvalue weighted by Gasteiger charge is -2.26. The smallest absolute Gasteiger partial charge is 0.405 e. The van der Waals surface area contributed by atoms with Crippen molar-refractivity contribution in [3.05, 3.63) is 130 Å². The van der Waals surface area contributed by atoms with E-state index in [1.807, 2.05) is 57.2 Å². The van der Waals surface area contributed by atoms with E-state index >= 15 is 0 Å². The van der Waals surface area contributed by atoms with E-state index in [1.54, 1.807) is 38.3 Å². The van der Waals surface area contributed by atoms with Gasteiger partial charge in [-0.1, -0.05) is 94.0 Å². The summed E-state index contributed by atoms with van der Waals surface area (Å²) in [6, 6.07) is 17.6. The van der Waals surface area contributed by atoms with Gasteiger partial charge in [-0.3, -0.25) is 24.1 Å². The number of ketones is 2. The van der Waals surface area contributed by atoms with Crippen LogP contribution >= 0.6 is 0 Å². The number of carbonyl (C=O) groups excluding carboxylic acids is 5. The fourth-order valence-corrected chi connectivity index (χ4v) is 7.41. The Bertz CT molecular complexity index is 1960. The molecule has 2 aromatic carbocycles. The van der Waals surface area contributed by atoms with E-state index in [0.717, 1.165) is 37.6 Å². The Morgan fingerprint density at radius 2 is 1.61 bits per heavy atom. The van der Waals surface area contributed by atoms with Gasteiger partial charge in [0.25, 0.3) is 11.8 Å².